The van der Waals surface area contributed by atoms with Crippen molar-refractivity contribution >= 4 is 22.5 Å². The largest absolute Gasteiger partial charge is 0.256 e. The third-order valence-corrected chi connectivity index (χ3v) is 3.34. The summed E-state index contributed by atoms with van der Waals surface area (Å²) < 4.78 is 0. The van der Waals surface area contributed by atoms with Gasteiger partial charge in [-0.05, 0) is 35.6 Å². The highest BCUT2D eigenvalue weighted by Gasteiger charge is 2.15. The van der Waals surface area contributed by atoms with Gasteiger partial charge in [0.2, 0.25) is 0 Å². The van der Waals surface area contributed by atoms with Crippen molar-refractivity contribution in [3.8, 4) is 0 Å². The first-order valence-electron chi connectivity index (χ1n) is 5.45. The summed E-state index contributed by atoms with van der Waals surface area (Å²) in [5.74, 6) is 0. The minimum atomic E-state index is 0.140. The minimum Gasteiger partial charge on any atom is -0.256 e. The van der Waals surface area contributed by atoms with Gasteiger partial charge in [0.25, 0.3) is 0 Å². The number of benzene rings is 1. The molecule has 1 nitrogen and oxygen atoms in total. The fraction of sp³-hybridized carbons (Fsp3) is 0.357. The van der Waals surface area contributed by atoms with Gasteiger partial charge in [0.1, 0.15) is 0 Å². The number of hydrogen-bond donors (Lipinski definition) is 0. The van der Waals surface area contributed by atoms with Crippen LogP contribution in [0.1, 0.15) is 31.9 Å². The Hall–Kier alpha value is -1.08. The van der Waals surface area contributed by atoms with E-state index in [-0.39, 0.29) is 5.41 Å². The molecule has 16 heavy (non-hydrogen) atoms. The van der Waals surface area contributed by atoms with Crippen molar-refractivity contribution in [2.45, 2.75) is 33.1 Å². The number of pyridine rings is 1. The van der Waals surface area contributed by atoms with E-state index in [9.17, 15) is 0 Å². The van der Waals surface area contributed by atoms with Crippen LogP contribution in [0.15, 0.2) is 24.4 Å². The van der Waals surface area contributed by atoms with Gasteiger partial charge < -0.3 is 0 Å². The van der Waals surface area contributed by atoms with Gasteiger partial charge in [-0.15, -0.1) is 0 Å². The molecule has 0 atom stereocenters. The molecule has 1 aromatic carbocycles. The molecule has 1 heterocycles. The number of aromatic nitrogens is 1. The number of fused-ring (bicyclic) bond motifs is 1. The van der Waals surface area contributed by atoms with Crippen LogP contribution in [0.4, 0.5) is 0 Å². The van der Waals surface area contributed by atoms with E-state index in [1.165, 1.54) is 5.56 Å². The van der Waals surface area contributed by atoms with Gasteiger partial charge in [-0.3, -0.25) is 4.98 Å². The number of halogens is 1. The van der Waals surface area contributed by atoms with E-state index < -0.39 is 0 Å². The zero-order chi connectivity index (χ0) is 11.9. The highest BCUT2D eigenvalue weighted by Crippen LogP contribution is 2.30. The van der Waals surface area contributed by atoms with Crippen LogP contribution in [-0.2, 0) is 5.41 Å². The maximum Gasteiger partial charge on any atom is 0.0717 e. The molecule has 0 saturated heterocycles. The zero-order valence-corrected chi connectivity index (χ0v) is 10.9. The van der Waals surface area contributed by atoms with Crippen molar-refractivity contribution in [2.75, 3.05) is 0 Å². The lowest BCUT2D eigenvalue weighted by atomic mass is 9.86. The summed E-state index contributed by atoms with van der Waals surface area (Å²) in [5.41, 5.74) is 3.42. The molecule has 0 aliphatic rings. The molecule has 0 saturated carbocycles. The highest BCUT2D eigenvalue weighted by molar-refractivity contribution is 6.36. The summed E-state index contributed by atoms with van der Waals surface area (Å²) in [6.45, 7) is 8.58. The summed E-state index contributed by atoms with van der Waals surface area (Å²) >= 11 is 6.31. The first kappa shape index (κ1) is 11.4. The van der Waals surface area contributed by atoms with Crippen molar-refractivity contribution in [1.29, 1.82) is 0 Å². The lowest BCUT2D eigenvalue weighted by molar-refractivity contribution is 0.591. The molecule has 0 aliphatic carbocycles. The summed E-state index contributed by atoms with van der Waals surface area (Å²) in [5, 5.41) is 1.87. The van der Waals surface area contributed by atoms with E-state index in [1.807, 2.05) is 19.2 Å². The molecule has 1 aromatic heterocycles. The molecule has 0 spiro atoms. The van der Waals surface area contributed by atoms with E-state index in [0.717, 1.165) is 21.5 Å². The average Bonchev–Trinajstić information content (AvgIpc) is 2.22. The second kappa shape index (κ2) is 3.74. The first-order valence-corrected chi connectivity index (χ1v) is 5.83. The molecule has 0 unspecified atom stereocenters. The standard InChI is InChI=1S/C14H16ClN/c1-9-8-16-12-6-5-10(14(2,3)4)7-11(12)13(9)15/h5-8H,1-4H3. The number of hydrogen-bond acceptors (Lipinski definition) is 1. The SMILES string of the molecule is Cc1cnc2ccc(C(C)(C)C)cc2c1Cl. The predicted molar refractivity (Wildman–Crippen MR) is 70.2 cm³/mol. The second-order valence-electron chi connectivity index (χ2n) is 5.24. The molecule has 84 valence electrons. The van der Waals surface area contributed by atoms with Crippen molar-refractivity contribution < 1.29 is 0 Å². The van der Waals surface area contributed by atoms with Crippen LogP contribution < -0.4 is 0 Å². The Morgan fingerprint density at radius 1 is 1.19 bits per heavy atom. The summed E-state index contributed by atoms with van der Waals surface area (Å²) in [7, 11) is 0. The number of aryl methyl sites for hydroxylation is 1. The summed E-state index contributed by atoms with van der Waals surface area (Å²) in [6.07, 6.45) is 1.82. The molecule has 0 N–H and O–H groups in total. The van der Waals surface area contributed by atoms with E-state index in [4.69, 9.17) is 11.6 Å². The van der Waals surface area contributed by atoms with Crippen molar-refractivity contribution in [1.82, 2.24) is 4.98 Å². The second-order valence-corrected chi connectivity index (χ2v) is 5.62. The third-order valence-electron chi connectivity index (χ3n) is 2.84. The molecular weight excluding hydrogens is 218 g/mol. The van der Waals surface area contributed by atoms with Crippen LogP contribution in [0.3, 0.4) is 0 Å². The van der Waals surface area contributed by atoms with Crippen molar-refractivity contribution in [2.24, 2.45) is 0 Å². The monoisotopic (exact) mass is 233 g/mol. The zero-order valence-electron chi connectivity index (χ0n) is 10.1. The van der Waals surface area contributed by atoms with Crippen LogP contribution in [0.5, 0.6) is 0 Å². The summed E-state index contributed by atoms with van der Waals surface area (Å²) in [6, 6.07) is 6.32. The van der Waals surface area contributed by atoms with Crippen LogP contribution in [0.2, 0.25) is 5.02 Å². The molecule has 2 heteroatoms. The van der Waals surface area contributed by atoms with Crippen LogP contribution in [-0.4, -0.2) is 4.98 Å². The lowest BCUT2D eigenvalue weighted by Crippen LogP contribution is -2.10. The molecule has 0 bridgehead atoms. The molecule has 2 rings (SSSR count). The fourth-order valence-corrected chi connectivity index (χ4v) is 1.93. The summed E-state index contributed by atoms with van der Waals surface area (Å²) in [4.78, 5) is 4.38. The van der Waals surface area contributed by atoms with E-state index >= 15 is 0 Å². The number of rotatable bonds is 0. The van der Waals surface area contributed by atoms with E-state index in [2.05, 4.69) is 37.9 Å². The molecule has 0 fully saturated rings. The van der Waals surface area contributed by atoms with Gasteiger partial charge in [0, 0.05) is 11.6 Å². The Morgan fingerprint density at radius 3 is 2.50 bits per heavy atom. The van der Waals surface area contributed by atoms with Gasteiger partial charge in [0.05, 0.1) is 10.5 Å². The third kappa shape index (κ3) is 1.92. The van der Waals surface area contributed by atoms with Gasteiger partial charge >= 0.3 is 0 Å². The Bertz CT molecular complexity index is 538. The number of nitrogens with zero attached hydrogens (tertiary/aromatic N) is 1. The van der Waals surface area contributed by atoms with Gasteiger partial charge in [0.15, 0.2) is 0 Å². The van der Waals surface area contributed by atoms with Gasteiger partial charge in [-0.25, -0.2) is 0 Å². The smallest absolute Gasteiger partial charge is 0.0717 e. The molecule has 0 amide bonds. The quantitative estimate of drug-likeness (QED) is 0.653. The fourth-order valence-electron chi connectivity index (χ4n) is 1.73. The molecule has 2 aromatic rings. The van der Waals surface area contributed by atoms with E-state index in [1.54, 1.807) is 0 Å². The topological polar surface area (TPSA) is 12.9 Å². The first-order chi connectivity index (χ1) is 7.39. The van der Waals surface area contributed by atoms with Crippen LogP contribution in [0, 0.1) is 6.92 Å². The van der Waals surface area contributed by atoms with Gasteiger partial charge in [-0.2, -0.15) is 0 Å². The van der Waals surface area contributed by atoms with Crippen LogP contribution in [0.25, 0.3) is 10.9 Å². The van der Waals surface area contributed by atoms with Gasteiger partial charge in [-0.1, -0.05) is 38.4 Å². The molecule has 0 aliphatic heterocycles. The Morgan fingerprint density at radius 2 is 1.88 bits per heavy atom. The lowest BCUT2D eigenvalue weighted by Gasteiger charge is -2.19. The highest BCUT2D eigenvalue weighted by atomic mass is 35.5. The van der Waals surface area contributed by atoms with Crippen molar-refractivity contribution in [3.63, 3.8) is 0 Å². The Kier molecular flexibility index (Phi) is 2.67. The van der Waals surface area contributed by atoms with E-state index in [0.29, 0.717) is 0 Å². The minimum absolute atomic E-state index is 0.140. The predicted octanol–water partition coefficient (Wildman–Crippen LogP) is 4.49. The Labute approximate surface area is 101 Å². The maximum atomic E-state index is 6.31. The normalized spacial score (nSPS) is 12.1. The maximum absolute atomic E-state index is 6.31. The molecular formula is C14H16ClN. The Balaban J connectivity index is 2.74. The van der Waals surface area contributed by atoms with Crippen molar-refractivity contribution in [3.05, 3.63) is 40.5 Å². The average molecular weight is 234 g/mol. The molecule has 0 radical (unpaired) electrons. The van der Waals surface area contributed by atoms with Crippen LogP contribution >= 0.6 is 11.6 Å².